The van der Waals surface area contributed by atoms with Crippen LogP contribution in [0.1, 0.15) is 21.0 Å². The minimum absolute atomic E-state index is 0.0372. The molecular formula is C27H27ClF2N6O4. The SMILES string of the molecule is COc1ccc(-c2cnc(C(=O)Nc3ccc(C(=O)N4CC(C(=O)N5CC(CN)C5)C4)c(Cl)c3)n2C)c(F)c1F. The maximum atomic E-state index is 14.6. The molecule has 13 heteroatoms. The van der Waals surface area contributed by atoms with Crippen LogP contribution in [0.5, 0.6) is 5.75 Å². The molecule has 0 unspecified atom stereocenters. The third-order valence-electron chi connectivity index (χ3n) is 7.31. The van der Waals surface area contributed by atoms with E-state index >= 15 is 0 Å². The topological polar surface area (TPSA) is 123 Å². The van der Waals surface area contributed by atoms with Gasteiger partial charge in [-0.15, -0.1) is 0 Å². The average Bonchev–Trinajstić information content (AvgIpc) is 3.25. The molecule has 2 saturated heterocycles. The van der Waals surface area contributed by atoms with Gasteiger partial charge in [0.1, 0.15) is 0 Å². The molecule has 2 aliphatic heterocycles. The van der Waals surface area contributed by atoms with Crippen molar-refractivity contribution >= 4 is 35.0 Å². The number of benzene rings is 2. The number of nitrogens with two attached hydrogens (primary N) is 1. The molecule has 3 amide bonds. The average molecular weight is 573 g/mol. The van der Waals surface area contributed by atoms with Crippen LogP contribution in [0.2, 0.25) is 5.02 Å². The summed E-state index contributed by atoms with van der Waals surface area (Å²) in [5, 5.41) is 2.78. The highest BCUT2D eigenvalue weighted by Gasteiger charge is 2.41. The van der Waals surface area contributed by atoms with Crippen LogP contribution in [0.3, 0.4) is 0 Å². The zero-order chi connectivity index (χ0) is 28.7. The Morgan fingerprint density at radius 1 is 1.10 bits per heavy atom. The van der Waals surface area contributed by atoms with Crippen LogP contribution in [0.15, 0.2) is 36.5 Å². The van der Waals surface area contributed by atoms with E-state index in [1.165, 1.54) is 55.3 Å². The summed E-state index contributed by atoms with van der Waals surface area (Å²) < 4.78 is 34.9. The van der Waals surface area contributed by atoms with Gasteiger partial charge in [-0.3, -0.25) is 14.4 Å². The van der Waals surface area contributed by atoms with Crippen molar-refractivity contribution in [3.05, 3.63) is 64.6 Å². The summed E-state index contributed by atoms with van der Waals surface area (Å²) in [6, 6.07) is 7.08. The number of nitrogens with zero attached hydrogens (tertiary/aromatic N) is 4. The van der Waals surface area contributed by atoms with Gasteiger partial charge in [-0.05, 0) is 36.9 Å². The molecule has 2 aromatic carbocycles. The molecule has 10 nitrogen and oxygen atoms in total. The Bertz CT molecular complexity index is 1500. The smallest absolute Gasteiger partial charge is 0.291 e. The summed E-state index contributed by atoms with van der Waals surface area (Å²) >= 11 is 6.37. The second kappa shape index (κ2) is 10.9. The summed E-state index contributed by atoms with van der Waals surface area (Å²) in [4.78, 5) is 45.7. The molecule has 0 aliphatic carbocycles. The maximum absolute atomic E-state index is 14.6. The predicted octanol–water partition coefficient (Wildman–Crippen LogP) is 2.77. The molecule has 0 spiro atoms. The van der Waals surface area contributed by atoms with E-state index in [0.29, 0.717) is 44.3 Å². The number of hydrogen-bond donors (Lipinski definition) is 2. The van der Waals surface area contributed by atoms with Crippen molar-refractivity contribution < 1.29 is 27.9 Å². The van der Waals surface area contributed by atoms with Crippen molar-refractivity contribution in [3.8, 4) is 17.0 Å². The molecule has 1 aromatic heterocycles. The summed E-state index contributed by atoms with van der Waals surface area (Å²) in [6.07, 6.45) is 1.26. The Morgan fingerprint density at radius 2 is 1.82 bits per heavy atom. The molecule has 0 bridgehead atoms. The lowest BCUT2D eigenvalue weighted by molar-refractivity contribution is -0.146. The van der Waals surface area contributed by atoms with Crippen molar-refractivity contribution in [3.63, 3.8) is 0 Å². The fraction of sp³-hybridized carbons (Fsp3) is 0.333. The largest absolute Gasteiger partial charge is 0.494 e. The number of likely N-dealkylation sites (tertiary alicyclic amines) is 2. The van der Waals surface area contributed by atoms with Gasteiger partial charge in [0.25, 0.3) is 11.8 Å². The first-order valence-electron chi connectivity index (χ1n) is 12.6. The van der Waals surface area contributed by atoms with Crippen LogP contribution < -0.4 is 15.8 Å². The number of amides is 3. The molecule has 0 atom stereocenters. The lowest BCUT2D eigenvalue weighted by atomic mass is 9.92. The van der Waals surface area contributed by atoms with E-state index in [9.17, 15) is 23.2 Å². The Hall–Kier alpha value is -4.03. The molecule has 40 heavy (non-hydrogen) atoms. The Kier molecular flexibility index (Phi) is 7.47. The third kappa shape index (κ3) is 4.88. The number of nitrogens with one attached hydrogen (secondary N) is 1. The molecule has 5 rings (SSSR count). The number of hydrogen-bond acceptors (Lipinski definition) is 6. The van der Waals surface area contributed by atoms with E-state index in [1.54, 1.807) is 9.80 Å². The number of ether oxygens (including phenoxy) is 1. The normalized spacial score (nSPS) is 15.4. The van der Waals surface area contributed by atoms with Gasteiger partial charge in [0.15, 0.2) is 17.4 Å². The maximum Gasteiger partial charge on any atom is 0.291 e. The lowest BCUT2D eigenvalue weighted by Crippen LogP contribution is -2.61. The standard InChI is InChI=1S/C27H27ClF2N6O4/c1-34-20(18-5-6-21(40-2)23(30)22(18)29)9-32-24(34)25(37)33-16-3-4-17(19(28)7-16)27(39)36-12-15(13-36)26(38)35-10-14(8-31)11-35/h3-7,9,14-15H,8,10-13,31H2,1-2H3,(H,33,37). The Balaban J connectivity index is 1.22. The molecule has 2 fully saturated rings. The van der Waals surface area contributed by atoms with E-state index in [0.717, 1.165) is 0 Å². The van der Waals surface area contributed by atoms with Crippen LogP contribution in [-0.2, 0) is 11.8 Å². The first kappa shape index (κ1) is 27.5. The highest BCUT2D eigenvalue weighted by Crippen LogP contribution is 2.31. The van der Waals surface area contributed by atoms with Gasteiger partial charge in [0.2, 0.25) is 11.7 Å². The second-order valence-electron chi connectivity index (χ2n) is 9.87. The fourth-order valence-electron chi connectivity index (χ4n) is 4.84. The molecule has 2 aliphatic rings. The van der Waals surface area contributed by atoms with E-state index < -0.39 is 17.5 Å². The molecular weight excluding hydrogens is 546 g/mol. The monoisotopic (exact) mass is 572 g/mol. The van der Waals surface area contributed by atoms with Crippen LogP contribution in [-0.4, -0.2) is 76.9 Å². The highest BCUT2D eigenvalue weighted by atomic mass is 35.5. The zero-order valence-corrected chi connectivity index (χ0v) is 22.5. The van der Waals surface area contributed by atoms with Gasteiger partial charge in [-0.25, -0.2) is 9.37 Å². The summed E-state index contributed by atoms with van der Waals surface area (Å²) in [7, 11) is 2.73. The summed E-state index contributed by atoms with van der Waals surface area (Å²) in [6.45, 7) is 2.51. The Labute approximate surface area is 233 Å². The number of anilines is 1. The summed E-state index contributed by atoms with van der Waals surface area (Å²) in [5.74, 6) is -3.34. The third-order valence-corrected chi connectivity index (χ3v) is 7.62. The van der Waals surface area contributed by atoms with Crippen molar-refractivity contribution in [2.45, 2.75) is 0 Å². The van der Waals surface area contributed by atoms with Crippen molar-refractivity contribution in [1.29, 1.82) is 0 Å². The van der Waals surface area contributed by atoms with E-state index in [4.69, 9.17) is 22.1 Å². The Morgan fingerprint density at radius 3 is 2.48 bits per heavy atom. The fourth-order valence-corrected chi connectivity index (χ4v) is 5.10. The molecule has 3 aromatic rings. The number of methoxy groups -OCH3 is 1. The lowest BCUT2D eigenvalue weighted by Gasteiger charge is -2.45. The summed E-state index contributed by atoms with van der Waals surface area (Å²) in [5.41, 5.74) is 6.26. The van der Waals surface area contributed by atoms with Gasteiger partial charge >= 0.3 is 0 Å². The number of imidazole rings is 1. The number of carbonyl (C=O) groups is 3. The molecule has 3 heterocycles. The number of carbonyl (C=O) groups excluding carboxylic acids is 3. The van der Waals surface area contributed by atoms with Crippen LogP contribution in [0.4, 0.5) is 14.5 Å². The van der Waals surface area contributed by atoms with Gasteiger partial charge in [-0.2, -0.15) is 4.39 Å². The van der Waals surface area contributed by atoms with E-state index in [2.05, 4.69) is 10.3 Å². The van der Waals surface area contributed by atoms with Crippen LogP contribution >= 0.6 is 11.6 Å². The predicted molar refractivity (Wildman–Crippen MR) is 143 cm³/mol. The minimum Gasteiger partial charge on any atom is -0.494 e. The number of halogens is 3. The van der Waals surface area contributed by atoms with Gasteiger partial charge in [-0.1, -0.05) is 11.6 Å². The molecule has 3 N–H and O–H groups in total. The highest BCUT2D eigenvalue weighted by molar-refractivity contribution is 6.34. The molecule has 0 saturated carbocycles. The number of aromatic nitrogens is 2. The van der Waals surface area contributed by atoms with Crippen LogP contribution in [0, 0.1) is 23.5 Å². The first-order chi connectivity index (χ1) is 19.1. The van der Waals surface area contributed by atoms with Crippen LogP contribution in [0.25, 0.3) is 11.3 Å². The quantitative estimate of drug-likeness (QED) is 0.449. The van der Waals surface area contributed by atoms with Gasteiger partial charge < -0.3 is 30.2 Å². The van der Waals surface area contributed by atoms with E-state index in [-0.39, 0.29) is 51.1 Å². The van der Waals surface area contributed by atoms with Crippen molar-refractivity contribution in [2.24, 2.45) is 24.6 Å². The number of rotatable bonds is 7. The zero-order valence-electron chi connectivity index (χ0n) is 21.8. The molecule has 0 radical (unpaired) electrons. The van der Waals surface area contributed by atoms with Crippen molar-refractivity contribution in [1.82, 2.24) is 19.4 Å². The van der Waals surface area contributed by atoms with E-state index in [1.807, 2.05) is 0 Å². The van der Waals surface area contributed by atoms with Gasteiger partial charge in [0.05, 0.1) is 35.5 Å². The van der Waals surface area contributed by atoms with Crippen molar-refractivity contribution in [2.75, 3.05) is 45.2 Å². The first-order valence-corrected chi connectivity index (χ1v) is 12.9. The minimum atomic E-state index is -1.14. The molecule has 210 valence electrons. The second-order valence-corrected chi connectivity index (χ2v) is 10.3. The van der Waals surface area contributed by atoms with Gasteiger partial charge in [0, 0.05) is 50.4 Å².